The van der Waals surface area contributed by atoms with Crippen molar-refractivity contribution in [3.63, 3.8) is 0 Å². The lowest BCUT2D eigenvalue weighted by molar-refractivity contribution is -0.274. The zero-order chi connectivity index (χ0) is 22.3. The Morgan fingerprint density at radius 1 is 1.28 bits per heavy atom. The summed E-state index contributed by atoms with van der Waals surface area (Å²) in [5, 5.41) is 11.1. The van der Waals surface area contributed by atoms with Crippen molar-refractivity contribution >= 4 is 29.9 Å². The molecule has 8 nitrogen and oxygen atoms in total. The van der Waals surface area contributed by atoms with E-state index in [0.29, 0.717) is 44.4 Å². The fourth-order valence-electron chi connectivity index (χ4n) is 3.34. The predicted molar refractivity (Wildman–Crippen MR) is 124 cm³/mol. The number of aromatic nitrogens is 3. The topological polar surface area (TPSA) is 85.6 Å². The smallest absolute Gasteiger partial charge is 0.406 e. The molecule has 1 aromatic carbocycles. The molecule has 0 saturated carbocycles. The molecule has 2 N–H and O–H groups in total. The van der Waals surface area contributed by atoms with Crippen LogP contribution < -0.4 is 15.4 Å². The summed E-state index contributed by atoms with van der Waals surface area (Å²) in [6.07, 6.45) is -2.35. The van der Waals surface area contributed by atoms with Gasteiger partial charge in [0.1, 0.15) is 18.2 Å². The summed E-state index contributed by atoms with van der Waals surface area (Å²) in [5.74, 6) is 2.12. The molecular formula is C20H28F3IN6O2. The van der Waals surface area contributed by atoms with Crippen LogP contribution in [0.4, 0.5) is 13.2 Å². The van der Waals surface area contributed by atoms with Crippen molar-refractivity contribution in [2.75, 3.05) is 20.2 Å². The van der Waals surface area contributed by atoms with Gasteiger partial charge in [-0.2, -0.15) is 5.10 Å². The van der Waals surface area contributed by atoms with E-state index >= 15 is 0 Å². The Labute approximate surface area is 202 Å². The number of nitrogens with zero attached hydrogens (tertiary/aromatic N) is 4. The van der Waals surface area contributed by atoms with Crippen LogP contribution in [0.2, 0.25) is 0 Å². The number of hydrogen-bond acceptors (Lipinski definition) is 5. The molecule has 0 bridgehead atoms. The number of hydrogen-bond donors (Lipinski definition) is 2. The van der Waals surface area contributed by atoms with Crippen molar-refractivity contribution in [2.24, 2.45) is 4.99 Å². The number of alkyl halides is 3. The molecule has 1 unspecified atom stereocenters. The number of aliphatic imine (C=N–C) groups is 1. The molecule has 3 rings (SSSR count). The molecule has 0 fully saturated rings. The van der Waals surface area contributed by atoms with E-state index in [9.17, 15) is 13.2 Å². The van der Waals surface area contributed by atoms with Gasteiger partial charge in [-0.05, 0) is 37.5 Å². The highest BCUT2D eigenvalue weighted by Crippen LogP contribution is 2.22. The highest BCUT2D eigenvalue weighted by Gasteiger charge is 2.31. The second-order valence-corrected chi connectivity index (χ2v) is 7.14. The lowest BCUT2D eigenvalue weighted by Crippen LogP contribution is -2.47. The number of fused-ring (bicyclic) bond motifs is 1. The summed E-state index contributed by atoms with van der Waals surface area (Å²) < 4.78 is 47.6. The maximum Gasteiger partial charge on any atom is 0.573 e. The molecule has 2 heterocycles. The number of methoxy groups -OCH3 is 1. The molecule has 12 heteroatoms. The quantitative estimate of drug-likeness (QED) is 0.290. The number of rotatable bonds is 8. The molecule has 1 aliphatic heterocycles. The third-order valence-electron chi connectivity index (χ3n) is 4.69. The first kappa shape index (κ1) is 26.2. The van der Waals surface area contributed by atoms with Gasteiger partial charge < -0.3 is 20.1 Å². The summed E-state index contributed by atoms with van der Waals surface area (Å²) in [4.78, 5) is 9.07. The van der Waals surface area contributed by atoms with Crippen LogP contribution in [0.25, 0.3) is 0 Å². The first-order valence-corrected chi connectivity index (χ1v) is 10.2. The van der Waals surface area contributed by atoms with Gasteiger partial charge in [0.2, 0.25) is 0 Å². The normalized spacial score (nSPS) is 16.2. The van der Waals surface area contributed by atoms with Crippen LogP contribution in [0.15, 0.2) is 29.3 Å². The van der Waals surface area contributed by atoms with Crippen LogP contribution in [0.1, 0.15) is 30.6 Å². The van der Waals surface area contributed by atoms with E-state index < -0.39 is 6.36 Å². The minimum absolute atomic E-state index is 0. The number of ether oxygens (including phenoxy) is 2. The molecule has 0 aliphatic carbocycles. The number of benzene rings is 1. The van der Waals surface area contributed by atoms with Gasteiger partial charge in [-0.15, -0.1) is 37.1 Å². The number of guanidine groups is 1. The molecule has 0 radical (unpaired) electrons. The fourth-order valence-corrected chi connectivity index (χ4v) is 3.34. The number of nitrogens with one attached hydrogen (secondary N) is 2. The Hall–Kier alpha value is -2.09. The van der Waals surface area contributed by atoms with Crippen LogP contribution in [-0.2, 0) is 30.7 Å². The van der Waals surface area contributed by atoms with E-state index in [1.807, 2.05) is 11.6 Å². The standard InChI is InChI=1S/C20H27F3N6O2.HI/c1-3-24-19(25-11-10-14-4-7-16(8-5-14)31-20(21,22)23)26-15-6-9-18-27-17(13-30-2)28-29(18)12-15;/h4-5,7-8,15H,3,6,9-13H2,1-2H3,(H2,24,25,26);1H. The van der Waals surface area contributed by atoms with Gasteiger partial charge in [-0.1, -0.05) is 12.1 Å². The number of halogens is 4. The Morgan fingerprint density at radius 3 is 2.69 bits per heavy atom. The number of aryl methyl sites for hydroxylation is 1. The molecule has 0 saturated heterocycles. The molecule has 178 valence electrons. The Morgan fingerprint density at radius 2 is 2.03 bits per heavy atom. The van der Waals surface area contributed by atoms with Gasteiger partial charge in [0.15, 0.2) is 11.8 Å². The van der Waals surface area contributed by atoms with Gasteiger partial charge >= 0.3 is 6.36 Å². The second kappa shape index (κ2) is 12.2. The van der Waals surface area contributed by atoms with E-state index in [2.05, 4.69) is 30.4 Å². The third-order valence-corrected chi connectivity index (χ3v) is 4.69. The van der Waals surface area contributed by atoms with E-state index in [4.69, 9.17) is 4.74 Å². The molecule has 1 aromatic heterocycles. The van der Waals surface area contributed by atoms with Crippen molar-refractivity contribution in [2.45, 2.75) is 51.7 Å². The Bertz CT molecular complexity index is 873. The molecule has 2 aromatic rings. The molecule has 1 atom stereocenters. The van der Waals surface area contributed by atoms with Crippen molar-refractivity contribution in [1.29, 1.82) is 0 Å². The first-order chi connectivity index (χ1) is 14.9. The maximum atomic E-state index is 12.2. The third kappa shape index (κ3) is 8.11. The summed E-state index contributed by atoms with van der Waals surface area (Å²) in [5.41, 5.74) is 0.879. The van der Waals surface area contributed by atoms with Crippen LogP contribution in [-0.4, -0.2) is 53.3 Å². The van der Waals surface area contributed by atoms with Crippen LogP contribution in [0.5, 0.6) is 5.75 Å². The van der Waals surface area contributed by atoms with Gasteiger partial charge in [-0.3, -0.25) is 4.99 Å². The van der Waals surface area contributed by atoms with Crippen molar-refractivity contribution in [3.05, 3.63) is 41.5 Å². The van der Waals surface area contributed by atoms with Crippen LogP contribution in [0, 0.1) is 0 Å². The SMILES string of the molecule is CCNC(=NCCc1ccc(OC(F)(F)F)cc1)NC1CCc2nc(COC)nn2C1.I. The maximum absolute atomic E-state index is 12.2. The summed E-state index contributed by atoms with van der Waals surface area (Å²) in [6.45, 7) is 4.29. The predicted octanol–water partition coefficient (Wildman–Crippen LogP) is 3.05. The van der Waals surface area contributed by atoms with Gasteiger partial charge in [0.25, 0.3) is 0 Å². The lowest BCUT2D eigenvalue weighted by Gasteiger charge is -2.25. The van der Waals surface area contributed by atoms with E-state index in [1.165, 1.54) is 12.1 Å². The zero-order valence-corrected chi connectivity index (χ0v) is 20.3. The summed E-state index contributed by atoms with van der Waals surface area (Å²) in [7, 11) is 1.62. The van der Waals surface area contributed by atoms with Crippen LogP contribution >= 0.6 is 24.0 Å². The van der Waals surface area contributed by atoms with E-state index in [-0.39, 0.29) is 35.8 Å². The highest BCUT2D eigenvalue weighted by atomic mass is 127. The van der Waals surface area contributed by atoms with Crippen molar-refractivity contribution in [1.82, 2.24) is 25.4 Å². The summed E-state index contributed by atoms with van der Waals surface area (Å²) >= 11 is 0. The average molecular weight is 568 g/mol. The van der Waals surface area contributed by atoms with E-state index in [1.54, 1.807) is 19.2 Å². The van der Waals surface area contributed by atoms with Gasteiger partial charge in [-0.25, -0.2) is 9.67 Å². The second-order valence-electron chi connectivity index (χ2n) is 7.14. The minimum atomic E-state index is -4.68. The lowest BCUT2D eigenvalue weighted by atomic mass is 10.1. The zero-order valence-electron chi connectivity index (χ0n) is 18.0. The Balaban J connectivity index is 0.00000363. The first-order valence-electron chi connectivity index (χ1n) is 10.2. The molecule has 1 aliphatic rings. The van der Waals surface area contributed by atoms with Gasteiger partial charge in [0, 0.05) is 32.7 Å². The minimum Gasteiger partial charge on any atom is -0.406 e. The highest BCUT2D eigenvalue weighted by molar-refractivity contribution is 14.0. The molecule has 32 heavy (non-hydrogen) atoms. The largest absolute Gasteiger partial charge is 0.573 e. The Kier molecular flexibility index (Phi) is 10.0. The monoisotopic (exact) mass is 568 g/mol. The molecule has 0 amide bonds. The van der Waals surface area contributed by atoms with Crippen LogP contribution in [0.3, 0.4) is 0 Å². The average Bonchev–Trinajstić information content (AvgIpc) is 3.10. The van der Waals surface area contributed by atoms with Crippen molar-refractivity contribution < 1.29 is 22.6 Å². The van der Waals surface area contributed by atoms with E-state index in [0.717, 1.165) is 24.2 Å². The fraction of sp³-hybridized carbons (Fsp3) is 0.550. The molecular weight excluding hydrogens is 540 g/mol. The van der Waals surface area contributed by atoms with Crippen molar-refractivity contribution in [3.8, 4) is 5.75 Å². The van der Waals surface area contributed by atoms with Gasteiger partial charge in [0.05, 0.1) is 6.54 Å². The molecule has 0 spiro atoms. The summed E-state index contributed by atoms with van der Waals surface area (Å²) in [6, 6.07) is 6.02.